The van der Waals surface area contributed by atoms with Crippen molar-refractivity contribution < 1.29 is 9.59 Å². The van der Waals surface area contributed by atoms with E-state index in [1.165, 1.54) is 0 Å². The first kappa shape index (κ1) is 16.1. The van der Waals surface area contributed by atoms with Gasteiger partial charge in [-0.2, -0.15) is 0 Å². The molecule has 1 fully saturated rings. The van der Waals surface area contributed by atoms with E-state index in [2.05, 4.69) is 0 Å². The maximum atomic E-state index is 13.3. The Morgan fingerprint density at radius 3 is 2.56 bits per heavy atom. The number of amides is 2. The predicted octanol–water partition coefficient (Wildman–Crippen LogP) is 2.45. The zero-order valence-electron chi connectivity index (χ0n) is 14.3. The molecular formula is C20H23N3O2. The first-order chi connectivity index (χ1) is 12.1. The molecule has 130 valence electrons. The number of aromatic nitrogens is 1. The van der Waals surface area contributed by atoms with Gasteiger partial charge in [0.2, 0.25) is 5.91 Å². The van der Waals surface area contributed by atoms with Gasteiger partial charge < -0.3 is 10.6 Å². The van der Waals surface area contributed by atoms with Gasteiger partial charge in [0.05, 0.1) is 11.1 Å². The summed E-state index contributed by atoms with van der Waals surface area (Å²) in [6.45, 7) is 1.19. The first-order valence-electron chi connectivity index (χ1n) is 9.14. The Hall–Kier alpha value is -2.43. The van der Waals surface area contributed by atoms with Gasteiger partial charge in [-0.25, -0.2) is 0 Å². The third kappa shape index (κ3) is 2.88. The molecule has 4 rings (SSSR count). The highest BCUT2D eigenvalue weighted by atomic mass is 16.2. The number of fused-ring (bicyclic) bond motifs is 2. The third-order valence-corrected chi connectivity index (χ3v) is 5.57. The van der Waals surface area contributed by atoms with E-state index in [0.29, 0.717) is 25.9 Å². The van der Waals surface area contributed by atoms with Crippen LogP contribution in [-0.2, 0) is 17.6 Å². The Bertz CT molecular complexity index is 838. The molecule has 2 aliphatic rings. The molecule has 1 aliphatic heterocycles. The fourth-order valence-corrected chi connectivity index (χ4v) is 4.14. The molecule has 2 amide bonds. The highest BCUT2D eigenvalue weighted by Gasteiger charge is 2.30. The van der Waals surface area contributed by atoms with Crippen LogP contribution in [0.5, 0.6) is 0 Å². The number of hydrogen-bond donors (Lipinski definition) is 1. The second-order valence-corrected chi connectivity index (χ2v) is 7.11. The van der Waals surface area contributed by atoms with Gasteiger partial charge in [0.1, 0.15) is 0 Å². The minimum Gasteiger partial charge on any atom is -0.369 e. The van der Waals surface area contributed by atoms with E-state index in [1.54, 1.807) is 0 Å². The second-order valence-electron chi connectivity index (χ2n) is 7.11. The Kier molecular flexibility index (Phi) is 4.15. The largest absolute Gasteiger partial charge is 0.369 e. The third-order valence-electron chi connectivity index (χ3n) is 5.57. The molecule has 2 N–H and O–H groups in total. The number of hydrogen-bond acceptors (Lipinski definition) is 3. The number of carbonyl (C=O) groups is 2. The lowest BCUT2D eigenvalue weighted by atomic mass is 9.88. The molecule has 2 heterocycles. The van der Waals surface area contributed by atoms with E-state index in [1.807, 2.05) is 29.2 Å². The minimum absolute atomic E-state index is 0.0830. The fraction of sp³-hybridized carbons (Fsp3) is 0.450. The van der Waals surface area contributed by atoms with Gasteiger partial charge in [0.25, 0.3) is 5.91 Å². The molecule has 5 heteroatoms. The molecule has 0 atom stereocenters. The number of piperidine rings is 1. The van der Waals surface area contributed by atoms with E-state index in [-0.39, 0.29) is 17.7 Å². The molecule has 0 radical (unpaired) electrons. The lowest BCUT2D eigenvalue weighted by molar-refractivity contribution is -0.123. The topological polar surface area (TPSA) is 76.3 Å². The zero-order valence-corrected chi connectivity index (χ0v) is 14.3. The smallest absolute Gasteiger partial charge is 0.254 e. The summed E-state index contributed by atoms with van der Waals surface area (Å²) in [5, 5.41) is 0.949. The van der Waals surface area contributed by atoms with Gasteiger partial charge in [0.15, 0.2) is 0 Å². The van der Waals surface area contributed by atoms with Crippen molar-refractivity contribution in [3.8, 4) is 0 Å². The van der Waals surface area contributed by atoms with Gasteiger partial charge in [-0.15, -0.1) is 0 Å². The maximum absolute atomic E-state index is 13.3. The number of primary amides is 1. The Morgan fingerprint density at radius 1 is 1.08 bits per heavy atom. The minimum atomic E-state index is -0.251. The molecule has 0 bridgehead atoms. The van der Waals surface area contributed by atoms with Crippen molar-refractivity contribution in [2.75, 3.05) is 13.1 Å². The average Bonchev–Trinajstić information content (AvgIpc) is 2.65. The molecule has 2 aromatic rings. The molecule has 1 saturated heterocycles. The van der Waals surface area contributed by atoms with Gasteiger partial charge >= 0.3 is 0 Å². The normalized spacial score (nSPS) is 18.2. The quantitative estimate of drug-likeness (QED) is 0.914. The highest BCUT2D eigenvalue weighted by Crippen LogP contribution is 2.31. The summed E-state index contributed by atoms with van der Waals surface area (Å²) in [5.41, 5.74) is 9.36. The Balaban J connectivity index is 1.73. The summed E-state index contributed by atoms with van der Waals surface area (Å²) in [7, 11) is 0. The van der Waals surface area contributed by atoms with Crippen LogP contribution in [0.1, 0.15) is 47.3 Å². The summed E-state index contributed by atoms with van der Waals surface area (Å²) in [6, 6.07) is 7.92. The van der Waals surface area contributed by atoms with Crippen LogP contribution in [0.3, 0.4) is 0 Å². The van der Waals surface area contributed by atoms with E-state index in [4.69, 9.17) is 10.7 Å². The van der Waals surface area contributed by atoms with Crippen molar-refractivity contribution in [2.24, 2.45) is 11.7 Å². The van der Waals surface area contributed by atoms with Crippen LogP contribution in [0.15, 0.2) is 24.3 Å². The van der Waals surface area contributed by atoms with Crippen molar-refractivity contribution >= 4 is 22.7 Å². The molecule has 0 saturated carbocycles. The van der Waals surface area contributed by atoms with Crippen molar-refractivity contribution in [3.05, 3.63) is 41.1 Å². The Morgan fingerprint density at radius 2 is 1.80 bits per heavy atom. The second kappa shape index (κ2) is 6.47. The summed E-state index contributed by atoms with van der Waals surface area (Å²) < 4.78 is 0. The first-order valence-corrected chi connectivity index (χ1v) is 9.14. The van der Waals surface area contributed by atoms with Crippen LogP contribution in [-0.4, -0.2) is 34.8 Å². The number of aryl methyl sites for hydroxylation is 1. The van der Waals surface area contributed by atoms with E-state index < -0.39 is 0 Å². The van der Waals surface area contributed by atoms with Crippen LogP contribution >= 0.6 is 0 Å². The number of benzene rings is 1. The summed E-state index contributed by atoms with van der Waals surface area (Å²) in [4.78, 5) is 31.4. The van der Waals surface area contributed by atoms with Gasteiger partial charge in [-0.1, -0.05) is 18.2 Å². The summed E-state index contributed by atoms with van der Waals surface area (Å²) in [5.74, 6) is -0.273. The molecule has 5 nitrogen and oxygen atoms in total. The maximum Gasteiger partial charge on any atom is 0.254 e. The lowest BCUT2D eigenvalue weighted by Gasteiger charge is -2.32. The van der Waals surface area contributed by atoms with Crippen LogP contribution in [0, 0.1) is 5.92 Å². The standard InChI is InChI=1S/C20H23N3O2/c21-19(24)13-9-11-23(12-10-13)20(25)18-14-5-1-3-7-16(14)22-17-8-4-2-6-15(17)18/h1,3,5,7,13H,2,4,6,8-12H2,(H2,21,24). The number of likely N-dealkylation sites (tertiary alicyclic amines) is 1. The van der Waals surface area contributed by atoms with Gasteiger partial charge in [0, 0.05) is 30.1 Å². The zero-order chi connectivity index (χ0) is 17.4. The van der Waals surface area contributed by atoms with Gasteiger partial charge in [-0.05, 0) is 50.2 Å². The highest BCUT2D eigenvalue weighted by molar-refractivity contribution is 6.07. The summed E-state index contributed by atoms with van der Waals surface area (Å²) >= 11 is 0. The summed E-state index contributed by atoms with van der Waals surface area (Å²) in [6.07, 6.45) is 5.43. The van der Waals surface area contributed by atoms with Crippen molar-refractivity contribution in [2.45, 2.75) is 38.5 Å². The Labute approximate surface area is 147 Å². The molecule has 1 aliphatic carbocycles. The monoisotopic (exact) mass is 337 g/mol. The fourth-order valence-electron chi connectivity index (χ4n) is 4.14. The van der Waals surface area contributed by atoms with Crippen molar-refractivity contribution in [1.82, 2.24) is 9.88 Å². The number of pyridine rings is 1. The van der Waals surface area contributed by atoms with E-state index in [9.17, 15) is 9.59 Å². The molecule has 1 aromatic carbocycles. The van der Waals surface area contributed by atoms with Crippen LogP contribution < -0.4 is 5.73 Å². The average molecular weight is 337 g/mol. The number of carbonyl (C=O) groups excluding carboxylic acids is 2. The molecular weight excluding hydrogens is 314 g/mol. The number of para-hydroxylation sites is 1. The number of nitrogens with two attached hydrogens (primary N) is 1. The molecule has 1 aromatic heterocycles. The lowest BCUT2D eigenvalue weighted by Crippen LogP contribution is -2.42. The van der Waals surface area contributed by atoms with Gasteiger partial charge in [-0.3, -0.25) is 14.6 Å². The molecule has 25 heavy (non-hydrogen) atoms. The molecule has 0 unspecified atom stereocenters. The SMILES string of the molecule is NC(=O)C1CCN(C(=O)c2c3c(nc4ccccc24)CCCC3)CC1. The van der Waals surface area contributed by atoms with E-state index >= 15 is 0 Å². The van der Waals surface area contributed by atoms with Crippen LogP contribution in [0.4, 0.5) is 0 Å². The van der Waals surface area contributed by atoms with Crippen molar-refractivity contribution in [3.63, 3.8) is 0 Å². The van der Waals surface area contributed by atoms with Crippen molar-refractivity contribution in [1.29, 1.82) is 0 Å². The van der Waals surface area contributed by atoms with Crippen LogP contribution in [0.2, 0.25) is 0 Å². The predicted molar refractivity (Wildman–Crippen MR) is 96.2 cm³/mol. The number of nitrogens with zero attached hydrogens (tertiary/aromatic N) is 2. The van der Waals surface area contributed by atoms with Crippen LogP contribution in [0.25, 0.3) is 10.9 Å². The van der Waals surface area contributed by atoms with E-state index in [0.717, 1.165) is 53.4 Å². The number of rotatable bonds is 2. The molecule has 0 spiro atoms.